The highest BCUT2D eigenvalue weighted by molar-refractivity contribution is 6.10. The highest BCUT2D eigenvalue weighted by Gasteiger charge is 2.29. The first-order valence-electron chi connectivity index (χ1n) is 14.7. The van der Waals surface area contributed by atoms with Crippen molar-refractivity contribution in [2.45, 2.75) is 0 Å². The van der Waals surface area contributed by atoms with Crippen LogP contribution in [0, 0.1) is 0 Å². The standard InChI is InChI=1S/C37H28N6O/c1-39-25-40(24-37(39)43-31-14-4-2-12-29(31)30-13-3-5-15-32(30)43)26-18-19-36-34(23-26)42(33-16-6-7-17-35(33)44-36)28-11-8-10-27(22-28)41-21-9-20-38-41/h2-24H,25H2,1H3. The van der Waals surface area contributed by atoms with Crippen molar-refractivity contribution in [3.8, 4) is 17.2 Å². The van der Waals surface area contributed by atoms with Crippen LogP contribution in [0.1, 0.15) is 0 Å². The van der Waals surface area contributed by atoms with Gasteiger partial charge in [-0.2, -0.15) is 5.10 Å². The molecule has 212 valence electrons. The number of hydrogen-bond acceptors (Lipinski definition) is 5. The minimum Gasteiger partial charge on any atom is -0.453 e. The number of hydrogen-bond donors (Lipinski definition) is 0. The second kappa shape index (κ2) is 9.54. The zero-order valence-electron chi connectivity index (χ0n) is 24.1. The molecule has 0 bridgehead atoms. The topological polar surface area (TPSA) is 41.7 Å². The van der Waals surface area contributed by atoms with Gasteiger partial charge >= 0.3 is 0 Å². The van der Waals surface area contributed by atoms with E-state index in [0.717, 1.165) is 52.4 Å². The highest BCUT2D eigenvalue weighted by atomic mass is 16.5. The molecular weight excluding hydrogens is 544 g/mol. The summed E-state index contributed by atoms with van der Waals surface area (Å²) < 4.78 is 10.7. The number of rotatable bonds is 4. The van der Waals surface area contributed by atoms with Crippen LogP contribution in [0.25, 0.3) is 33.3 Å². The molecule has 2 aliphatic rings. The average Bonchev–Trinajstić information content (AvgIpc) is 3.82. The Hall–Kier alpha value is -5.95. The van der Waals surface area contributed by atoms with Gasteiger partial charge in [0.2, 0.25) is 0 Å². The van der Waals surface area contributed by atoms with E-state index in [4.69, 9.17) is 4.74 Å². The highest BCUT2D eigenvalue weighted by Crippen LogP contribution is 2.51. The predicted molar refractivity (Wildman–Crippen MR) is 177 cm³/mol. The summed E-state index contributed by atoms with van der Waals surface area (Å²) in [6.45, 7) is 0.723. The van der Waals surface area contributed by atoms with Crippen molar-refractivity contribution in [3.05, 3.63) is 140 Å². The molecule has 0 radical (unpaired) electrons. The van der Waals surface area contributed by atoms with Gasteiger partial charge in [-0.3, -0.25) is 4.57 Å². The van der Waals surface area contributed by atoms with Crippen molar-refractivity contribution in [2.75, 3.05) is 23.5 Å². The van der Waals surface area contributed by atoms with Gasteiger partial charge in [-0.1, -0.05) is 54.6 Å². The summed E-state index contributed by atoms with van der Waals surface area (Å²) >= 11 is 0. The average molecular weight is 573 g/mol. The van der Waals surface area contributed by atoms with E-state index in [1.54, 1.807) is 6.20 Å². The van der Waals surface area contributed by atoms with E-state index in [0.29, 0.717) is 0 Å². The maximum atomic E-state index is 6.44. The zero-order valence-corrected chi connectivity index (χ0v) is 24.1. The molecule has 0 N–H and O–H groups in total. The van der Waals surface area contributed by atoms with Crippen LogP contribution in [-0.2, 0) is 0 Å². The van der Waals surface area contributed by atoms with Crippen LogP contribution in [0.4, 0.5) is 22.7 Å². The van der Waals surface area contributed by atoms with Crippen LogP contribution < -0.4 is 14.5 Å². The molecule has 0 atom stereocenters. The Morgan fingerprint density at radius 3 is 2.16 bits per heavy atom. The molecule has 0 unspecified atom stereocenters. The molecule has 4 heterocycles. The molecule has 7 heteroatoms. The van der Waals surface area contributed by atoms with Crippen molar-refractivity contribution in [2.24, 2.45) is 0 Å². The first kappa shape index (κ1) is 24.6. The Bertz CT molecular complexity index is 2180. The fraction of sp³-hybridized carbons (Fsp3) is 0.0541. The van der Waals surface area contributed by atoms with Gasteiger partial charge in [0.1, 0.15) is 5.82 Å². The summed E-state index contributed by atoms with van der Waals surface area (Å²) in [7, 11) is 2.15. The van der Waals surface area contributed by atoms with Crippen LogP contribution in [0.3, 0.4) is 0 Å². The Kier molecular flexibility index (Phi) is 5.34. The number of fused-ring (bicyclic) bond motifs is 5. The smallest absolute Gasteiger partial charge is 0.151 e. The van der Waals surface area contributed by atoms with E-state index < -0.39 is 0 Å². The van der Waals surface area contributed by atoms with Crippen molar-refractivity contribution in [3.63, 3.8) is 0 Å². The van der Waals surface area contributed by atoms with Gasteiger partial charge in [0, 0.05) is 47.8 Å². The number of para-hydroxylation sites is 4. The van der Waals surface area contributed by atoms with E-state index in [-0.39, 0.29) is 0 Å². The molecule has 0 saturated heterocycles. The van der Waals surface area contributed by atoms with Gasteiger partial charge in [0.05, 0.1) is 34.8 Å². The van der Waals surface area contributed by atoms with Gasteiger partial charge < -0.3 is 19.4 Å². The lowest BCUT2D eigenvalue weighted by Crippen LogP contribution is -2.24. The van der Waals surface area contributed by atoms with Gasteiger partial charge in [0.25, 0.3) is 0 Å². The fourth-order valence-corrected chi connectivity index (χ4v) is 6.53. The lowest BCUT2D eigenvalue weighted by Gasteiger charge is -2.34. The molecule has 0 spiro atoms. The van der Waals surface area contributed by atoms with Gasteiger partial charge in [-0.05, 0) is 66.7 Å². The summed E-state index contributed by atoms with van der Waals surface area (Å²) in [6.07, 6.45) is 6.01. The number of benzene rings is 5. The van der Waals surface area contributed by atoms with E-state index in [1.165, 1.54) is 21.8 Å². The van der Waals surface area contributed by atoms with Crippen molar-refractivity contribution < 1.29 is 4.74 Å². The van der Waals surface area contributed by atoms with Crippen LogP contribution in [0.2, 0.25) is 0 Å². The molecule has 0 amide bonds. The summed E-state index contributed by atoms with van der Waals surface area (Å²) in [5.41, 5.74) is 7.50. The molecule has 0 aliphatic carbocycles. The Labute approximate surface area is 254 Å². The van der Waals surface area contributed by atoms with Crippen molar-refractivity contribution in [1.29, 1.82) is 0 Å². The molecular formula is C37H28N6O. The molecule has 9 rings (SSSR count). The van der Waals surface area contributed by atoms with E-state index >= 15 is 0 Å². The maximum absolute atomic E-state index is 6.44. The molecule has 0 fully saturated rings. The normalized spacial score (nSPS) is 14.1. The lowest BCUT2D eigenvalue weighted by atomic mass is 10.1. The van der Waals surface area contributed by atoms with Crippen LogP contribution in [0.15, 0.2) is 140 Å². The van der Waals surface area contributed by atoms with Crippen molar-refractivity contribution >= 4 is 50.4 Å². The first-order chi connectivity index (χ1) is 21.7. The maximum Gasteiger partial charge on any atom is 0.151 e. The SMILES string of the molecule is CN1CN(c2ccc3c(c2)N(c2cccc(-n4cccn4)c2)c2ccccc2O3)C=C1n1c2ccccc2c2ccccc21. The second-order valence-electron chi connectivity index (χ2n) is 11.2. The van der Waals surface area contributed by atoms with Crippen LogP contribution in [-0.4, -0.2) is 33.0 Å². The number of anilines is 4. The van der Waals surface area contributed by atoms with Crippen LogP contribution in [0.5, 0.6) is 11.5 Å². The Balaban J connectivity index is 1.16. The summed E-state index contributed by atoms with van der Waals surface area (Å²) in [5, 5.41) is 6.97. The minimum absolute atomic E-state index is 0.723. The molecule has 5 aromatic carbocycles. The Morgan fingerprint density at radius 1 is 0.636 bits per heavy atom. The molecule has 7 aromatic rings. The van der Waals surface area contributed by atoms with Gasteiger partial charge in [0.15, 0.2) is 11.5 Å². The molecule has 0 saturated carbocycles. The Morgan fingerprint density at radius 2 is 1.36 bits per heavy atom. The number of ether oxygens (including phenoxy) is 1. The quantitative estimate of drug-likeness (QED) is 0.211. The molecule has 2 aliphatic heterocycles. The third-order valence-corrected chi connectivity index (χ3v) is 8.53. The van der Waals surface area contributed by atoms with Crippen LogP contribution >= 0.6 is 0 Å². The minimum atomic E-state index is 0.723. The van der Waals surface area contributed by atoms with Crippen molar-refractivity contribution in [1.82, 2.24) is 19.2 Å². The third-order valence-electron chi connectivity index (χ3n) is 8.53. The summed E-state index contributed by atoms with van der Waals surface area (Å²) in [5.74, 6) is 2.77. The van der Waals surface area contributed by atoms with E-state index in [9.17, 15) is 0 Å². The number of aromatic nitrogens is 3. The number of nitrogens with zero attached hydrogens (tertiary/aromatic N) is 6. The largest absolute Gasteiger partial charge is 0.453 e. The zero-order chi connectivity index (χ0) is 29.2. The molecule has 2 aromatic heterocycles. The summed E-state index contributed by atoms with van der Waals surface area (Å²) in [4.78, 5) is 6.88. The second-order valence-corrected chi connectivity index (χ2v) is 11.2. The van der Waals surface area contributed by atoms with Gasteiger partial charge in [-0.25, -0.2) is 4.68 Å². The third kappa shape index (κ3) is 3.72. The van der Waals surface area contributed by atoms with Gasteiger partial charge in [-0.15, -0.1) is 0 Å². The van der Waals surface area contributed by atoms with E-state index in [1.807, 2.05) is 29.1 Å². The summed E-state index contributed by atoms with van der Waals surface area (Å²) in [6, 6.07) is 42.3. The first-order valence-corrected chi connectivity index (χ1v) is 14.7. The van der Waals surface area contributed by atoms with E-state index in [2.05, 4.69) is 141 Å². The monoisotopic (exact) mass is 572 g/mol. The molecule has 44 heavy (non-hydrogen) atoms. The molecule has 7 nitrogen and oxygen atoms in total. The predicted octanol–water partition coefficient (Wildman–Crippen LogP) is 8.72. The lowest BCUT2D eigenvalue weighted by molar-refractivity contribution is 0.476. The fourth-order valence-electron chi connectivity index (χ4n) is 6.53.